The van der Waals surface area contributed by atoms with Gasteiger partial charge in [-0.05, 0) is 30.5 Å². The molecule has 2 unspecified atom stereocenters. The summed E-state index contributed by atoms with van der Waals surface area (Å²) in [5.41, 5.74) is 5.86. The predicted molar refractivity (Wildman–Crippen MR) is 76.9 cm³/mol. The molecule has 2 atom stereocenters. The van der Waals surface area contributed by atoms with Gasteiger partial charge in [-0.15, -0.1) is 11.8 Å². The number of hydrogen-bond acceptors (Lipinski definition) is 2. The van der Waals surface area contributed by atoms with Crippen molar-refractivity contribution in [3.8, 4) is 0 Å². The summed E-state index contributed by atoms with van der Waals surface area (Å²) < 4.78 is 1.14. The fourth-order valence-corrected chi connectivity index (χ4v) is 3.47. The van der Waals surface area contributed by atoms with Crippen molar-refractivity contribution < 1.29 is 0 Å². The van der Waals surface area contributed by atoms with Gasteiger partial charge in [0.2, 0.25) is 0 Å². The Hall–Kier alpha value is 0.01000. The third-order valence-corrected chi connectivity index (χ3v) is 4.67. The molecule has 0 saturated heterocycles. The Balaban J connectivity index is 2.62. The molecule has 1 nitrogen and oxygen atoms in total. The molecule has 0 amide bonds. The molecule has 1 rings (SSSR count). The van der Waals surface area contributed by atoms with Crippen LogP contribution < -0.4 is 5.73 Å². The smallest absolute Gasteiger partial charge is 0.0243 e. The zero-order chi connectivity index (χ0) is 12.0. The number of benzene rings is 1. The zero-order valence-corrected chi connectivity index (χ0v) is 12.4. The summed E-state index contributed by atoms with van der Waals surface area (Å²) in [7, 11) is 0. The van der Waals surface area contributed by atoms with Crippen LogP contribution in [-0.4, -0.2) is 11.8 Å². The Kier molecular flexibility index (Phi) is 6.47. The molecule has 2 N–H and O–H groups in total. The van der Waals surface area contributed by atoms with Crippen molar-refractivity contribution in [3.05, 3.63) is 28.7 Å². The summed E-state index contributed by atoms with van der Waals surface area (Å²) in [5.74, 6) is 0.680. The molecule has 0 radical (unpaired) electrons. The van der Waals surface area contributed by atoms with Gasteiger partial charge in [0.05, 0.1) is 0 Å². The molecule has 0 fully saturated rings. The summed E-state index contributed by atoms with van der Waals surface area (Å²) in [5, 5.41) is 0.522. The largest absolute Gasteiger partial charge is 0.329 e. The first-order valence-electron chi connectivity index (χ1n) is 5.79. The lowest BCUT2D eigenvalue weighted by atomic mass is 10.0. The number of halogens is 1. The van der Waals surface area contributed by atoms with Gasteiger partial charge in [0.25, 0.3) is 0 Å². The molecule has 0 aliphatic heterocycles. The average Bonchev–Trinajstić information content (AvgIpc) is 2.26. The average molecular weight is 302 g/mol. The van der Waals surface area contributed by atoms with Crippen molar-refractivity contribution in [2.45, 2.75) is 36.8 Å². The molecule has 1 aromatic carbocycles. The second-order valence-corrected chi connectivity index (χ2v) is 6.34. The normalized spacial score (nSPS) is 14.8. The molecule has 0 spiro atoms. The summed E-state index contributed by atoms with van der Waals surface area (Å²) in [6.07, 6.45) is 2.49. The third-order valence-electron chi connectivity index (χ3n) is 2.69. The van der Waals surface area contributed by atoms with E-state index in [2.05, 4.69) is 54.0 Å². The highest BCUT2D eigenvalue weighted by atomic mass is 79.9. The van der Waals surface area contributed by atoms with Gasteiger partial charge in [-0.1, -0.05) is 42.3 Å². The fraction of sp³-hybridized carbons (Fsp3) is 0.538. The fourth-order valence-electron chi connectivity index (χ4n) is 1.75. The molecule has 16 heavy (non-hydrogen) atoms. The first kappa shape index (κ1) is 14.1. The van der Waals surface area contributed by atoms with Crippen LogP contribution in [0.5, 0.6) is 0 Å². The molecule has 0 saturated carbocycles. The van der Waals surface area contributed by atoms with Crippen LogP contribution in [0.3, 0.4) is 0 Å². The van der Waals surface area contributed by atoms with Crippen LogP contribution in [0.4, 0.5) is 0 Å². The standard InChI is InChI=1S/C13H20BrNS/c1-3-5-10(2)13(9-15)16-12-7-4-6-11(14)8-12/h4,6-8,10,13H,3,5,9,15H2,1-2H3. The number of nitrogens with two attached hydrogens (primary N) is 1. The van der Waals surface area contributed by atoms with E-state index in [1.54, 1.807) is 0 Å². The zero-order valence-electron chi connectivity index (χ0n) is 9.95. The Morgan fingerprint density at radius 3 is 2.75 bits per heavy atom. The summed E-state index contributed by atoms with van der Waals surface area (Å²) in [6, 6.07) is 8.43. The van der Waals surface area contributed by atoms with Crippen LogP contribution >= 0.6 is 27.7 Å². The highest BCUT2D eigenvalue weighted by Gasteiger charge is 2.16. The van der Waals surface area contributed by atoms with E-state index in [9.17, 15) is 0 Å². The van der Waals surface area contributed by atoms with Gasteiger partial charge >= 0.3 is 0 Å². The van der Waals surface area contributed by atoms with Crippen LogP contribution in [0.1, 0.15) is 26.7 Å². The Morgan fingerprint density at radius 1 is 1.44 bits per heavy atom. The predicted octanol–water partition coefficient (Wildman–Crippen LogP) is 4.30. The minimum absolute atomic E-state index is 0.522. The summed E-state index contributed by atoms with van der Waals surface area (Å²) in [6.45, 7) is 5.28. The number of hydrogen-bond donors (Lipinski definition) is 1. The lowest BCUT2D eigenvalue weighted by molar-refractivity contribution is 0.505. The maximum atomic E-state index is 5.86. The minimum Gasteiger partial charge on any atom is -0.329 e. The van der Waals surface area contributed by atoms with Crippen molar-refractivity contribution >= 4 is 27.7 Å². The summed E-state index contributed by atoms with van der Waals surface area (Å²) in [4.78, 5) is 1.30. The van der Waals surface area contributed by atoms with Gasteiger partial charge in [-0.25, -0.2) is 0 Å². The third kappa shape index (κ3) is 4.48. The van der Waals surface area contributed by atoms with Crippen LogP contribution in [0.15, 0.2) is 33.6 Å². The van der Waals surface area contributed by atoms with E-state index < -0.39 is 0 Å². The SMILES string of the molecule is CCCC(C)C(CN)Sc1cccc(Br)c1. The minimum atomic E-state index is 0.522. The Labute approximate surface area is 111 Å². The van der Waals surface area contributed by atoms with Crippen molar-refractivity contribution in [3.63, 3.8) is 0 Å². The Morgan fingerprint density at radius 2 is 2.19 bits per heavy atom. The molecular formula is C13H20BrNS. The first-order chi connectivity index (χ1) is 7.67. The van der Waals surface area contributed by atoms with Gasteiger partial charge < -0.3 is 5.73 Å². The van der Waals surface area contributed by atoms with Gasteiger partial charge in [-0.3, -0.25) is 0 Å². The monoisotopic (exact) mass is 301 g/mol. The van der Waals surface area contributed by atoms with Gasteiger partial charge in [-0.2, -0.15) is 0 Å². The van der Waals surface area contributed by atoms with E-state index in [0.29, 0.717) is 11.2 Å². The number of rotatable bonds is 6. The quantitative estimate of drug-likeness (QED) is 0.793. The molecule has 0 heterocycles. The lowest BCUT2D eigenvalue weighted by Crippen LogP contribution is -2.24. The van der Waals surface area contributed by atoms with Gasteiger partial charge in [0, 0.05) is 21.2 Å². The molecule has 0 aliphatic carbocycles. The first-order valence-corrected chi connectivity index (χ1v) is 7.47. The topological polar surface area (TPSA) is 26.0 Å². The van der Waals surface area contributed by atoms with E-state index >= 15 is 0 Å². The van der Waals surface area contributed by atoms with Crippen LogP contribution in [0.2, 0.25) is 0 Å². The van der Waals surface area contributed by atoms with Crippen LogP contribution in [0.25, 0.3) is 0 Å². The highest BCUT2D eigenvalue weighted by molar-refractivity contribution is 9.10. The second kappa shape index (κ2) is 7.36. The van der Waals surface area contributed by atoms with E-state index in [4.69, 9.17) is 5.73 Å². The van der Waals surface area contributed by atoms with E-state index in [1.807, 2.05) is 11.8 Å². The maximum absolute atomic E-state index is 5.86. The molecule has 3 heteroatoms. The molecule has 90 valence electrons. The second-order valence-electron chi connectivity index (χ2n) is 4.12. The van der Waals surface area contributed by atoms with E-state index in [-0.39, 0.29) is 0 Å². The molecule has 1 aromatic rings. The van der Waals surface area contributed by atoms with Gasteiger partial charge in [0.1, 0.15) is 0 Å². The van der Waals surface area contributed by atoms with Crippen molar-refractivity contribution in [1.82, 2.24) is 0 Å². The van der Waals surface area contributed by atoms with Crippen LogP contribution in [0, 0.1) is 5.92 Å². The Bertz CT molecular complexity index is 317. The molecule has 0 aromatic heterocycles. The van der Waals surface area contributed by atoms with Crippen LogP contribution in [-0.2, 0) is 0 Å². The van der Waals surface area contributed by atoms with E-state index in [0.717, 1.165) is 11.0 Å². The highest BCUT2D eigenvalue weighted by Crippen LogP contribution is 2.30. The van der Waals surface area contributed by atoms with Crippen molar-refractivity contribution in [2.24, 2.45) is 11.7 Å². The van der Waals surface area contributed by atoms with E-state index in [1.165, 1.54) is 17.7 Å². The maximum Gasteiger partial charge on any atom is 0.0243 e. The van der Waals surface area contributed by atoms with Crippen molar-refractivity contribution in [1.29, 1.82) is 0 Å². The summed E-state index contributed by atoms with van der Waals surface area (Å²) >= 11 is 5.39. The molecule has 0 bridgehead atoms. The lowest BCUT2D eigenvalue weighted by Gasteiger charge is -2.21. The van der Waals surface area contributed by atoms with Gasteiger partial charge in [0.15, 0.2) is 0 Å². The molecular weight excluding hydrogens is 282 g/mol. The molecule has 0 aliphatic rings. The number of thioether (sulfide) groups is 1. The van der Waals surface area contributed by atoms with Crippen molar-refractivity contribution in [2.75, 3.05) is 6.54 Å².